The molecule has 3 aromatic heterocycles. The summed E-state index contributed by atoms with van der Waals surface area (Å²) in [6.07, 6.45) is 5.49. The molecular formula is C18H22N8O2. The zero-order chi connectivity index (χ0) is 19.7. The number of nitrogens with one attached hydrogen (secondary N) is 1. The average Bonchev–Trinajstić information content (AvgIpc) is 3.37. The number of hydrogen-bond acceptors (Lipinski definition) is 7. The van der Waals surface area contributed by atoms with Gasteiger partial charge in [0.1, 0.15) is 18.2 Å². The van der Waals surface area contributed by atoms with Crippen molar-refractivity contribution in [3.05, 3.63) is 36.4 Å². The number of aryl methyl sites for hydroxylation is 2. The predicted octanol–water partition coefficient (Wildman–Crippen LogP) is 0.592. The fraction of sp³-hybridized carbons (Fsp3) is 0.389. The van der Waals surface area contributed by atoms with E-state index in [1.54, 1.807) is 41.1 Å². The van der Waals surface area contributed by atoms with Crippen LogP contribution in [0.15, 0.2) is 30.7 Å². The lowest BCUT2D eigenvalue weighted by atomic mass is 10.3. The van der Waals surface area contributed by atoms with Gasteiger partial charge in [-0.3, -0.25) is 14.2 Å². The van der Waals surface area contributed by atoms with Gasteiger partial charge in [0.15, 0.2) is 5.82 Å². The summed E-state index contributed by atoms with van der Waals surface area (Å²) in [6.45, 7) is 3.28. The number of nitrogens with zero attached hydrogens (tertiary/aromatic N) is 7. The van der Waals surface area contributed by atoms with Crippen molar-refractivity contribution in [2.45, 2.75) is 26.0 Å². The molecule has 1 atom stereocenters. The Labute approximate surface area is 161 Å². The highest BCUT2D eigenvalue weighted by Crippen LogP contribution is 2.21. The van der Waals surface area contributed by atoms with Crippen molar-refractivity contribution in [3.63, 3.8) is 0 Å². The summed E-state index contributed by atoms with van der Waals surface area (Å²) in [5, 5.41) is 21.0. The highest BCUT2D eigenvalue weighted by Gasteiger charge is 2.22. The SMILES string of the molecule is Cc1cc(NC(=O)Cn2cc(-c3nccc(N4CC[C@H](O)C4)n3)cn2)n(C)n1. The summed E-state index contributed by atoms with van der Waals surface area (Å²) < 4.78 is 3.17. The molecule has 2 N–H and O–H groups in total. The number of anilines is 2. The van der Waals surface area contributed by atoms with Crippen molar-refractivity contribution in [3.8, 4) is 11.4 Å². The highest BCUT2D eigenvalue weighted by molar-refractivity contribution is 5.89. The molecule has 0 unspecified atom stereocenters. The molecule has 10 heteroatoms. The maximum Gasteiger partial charge on any atom is 0.247 e. The van der Waals surface area contributed by atoms with Crippen LogP contribution in [0.3, 0.4) is 0 Å². The van der Waals surface area contributed by atoms with E-state index < -0.39 is 0 Å². The van der Waals surface area contributed by atoms with Crippen LogP contribution in [0.1, 0.15) is 12.1 Å². The molecule has 1 aliphatic heterocycles. The second kappa shape index (κ2) is 7.39. The van der Waals surface area contributed by atoms with Gasteiger partial charge in [0.25, 0.3) is 0 Å². The average molecular weight is 382 g/mol. The first-order valence-corrected chi connectivity index (χ1v) is 9.07. The maximum atomic E-state index is 12.3. The van der Waals surface area contributed by atoms with E-state index in [1.165, 1.54) is 0 Å². The molecule has 28 heavy (non-hydrogen) atoms. The molecule has 0 saturated carbocycles. The summed E-state index contributed by atoms with van der Waals surface area (Å²) >= 11 is 0. The van der Waals surface area contributed by atoms with Crippen molar-refractivity contribution >= 4 is 17.5 Å². The molecule has 0 spiro atoms. The fourth-order valence-corrected chi connectivity index (χ4v) is 3.24. The molecule has 4 heterocycles. The molecule has 0 aromatic carbocycles. The van der Waals surface area contributed by atoms with Crippen LogP contribution in [0.4, 0.5) is 11.6 Å². The molecular weight excluding hydrogens is 360 g/mol. The van der Waals surface area contributed by atoms with Crippen LogP contribution >= 0.6 is 0 Å². The Morgan fingerprint density at radius 1 is 1.43 bits per heavy atom. The van der Waals surface area contributed by atoms with Gasteiger partial charge in [-0.2, -0.15) is 10.2 Å². The first kappa shape index (κ1) is 18.1. The van der Waals surface area contributed by atoms with E-state index in [9.17, 15) is 9.90 Å². The number of β-amino-alcohol motifs (C(OH)–C–C–N with tert-alkyl or cyclic N) is 1. The number of hydrogen-bond donors (Lipinski definition) is 2. The van der Waals surface area contributed by atoms with Gasteiger partial charge < -0.3 is 15.3 Å². The summed E-state index contributed by atoms with van der Waals surface area (Å²) in [4.78, 5) is 23.2. The van der Waals surface area contributed by atoms with Gasteiger partial charge >= 0.3 is 0 Å². The monoisotopic (exact) mass is 382 g/mol. The van der Waals surface area contributed by atoms with Gasteiger partial charge in [-0.1, -0.05) is 0 Å². The van der Waals surface area contributed by atoms with Crippen molar-refractivity contribution in [1.82, 2.24) is 29.5 Å². The van der Waals surface area contributed by atoms with Crippen molar-refractivity contribution in [2.24, 2.45) is 7.05 Å². The van der Waals surface area contributed by atoms with Crippen LogP contribution in [0, 0.1) is 6.92 Å². The zero-order valence-corrected chi connectivity index (χ0v) is 15.8. The van der Waals surface area contributed by atoms with E-state index in [4.69, 9.17) is 0 Å². The van der Waals surface area contributed by atoms with Crippen LogP contribution in [-0.4, -0.2) is 59.7 Å². The second-order valence-electron chi connectivity index (χ2n) is 6.90. The number of aliphatic hydroxyl groups excluding tert-OH is 1. The summed E-state index contributed by atoms with van der Waals surface area (Å²) in [5.41, 5.74) is 1.56. The molecule has 146 valence electrons. The van der Waals surface area contributed by atoms with Crippen molar-refractivity contribution in [1.29, 1.82) is 0 Å². The van der Waals surface area contributed by atoms with E-state index >= 15 is 0 Å². The zero-order valence-electron chi connectivity index (χ0n) is 15.8. The minimum Gasteiger partial charge on any atom is -0.391 e. The quantitative estimate of drug-likeness (QED) is 0.664. The molecule has 0 radical (unpaired) electrons. The number of carbonyl (C=O) groups excluding carboxylic acids is 1. The van der Waals surface area contributed by atoms with Crippen LogP contribution in [0.2, 0.25) is 0 Å². The Hall–Kier alpha value is -3.27. The first-order valence-electron chi connectivity index (χ1n) is 9.07. The normalized spacial score (nSPS) is 16.5. The summed E-state index contributed by atoms with van der Waals surface area (Å²) in [6, 6.07) is 3.64. The third-order valence-electron chi connectivity index (χ3n) is 4.59. The van der Waals surface area contributed by atoms with E-state index in [0.29, 0.717) is 18.2 Å². The topological polar surface area (TPSA) is 114 Å². The minimum atomic E-state index is -0.317. The Morgan fingerprint density at radius 3 is 3.00 bits per heavy atom. The highest BCUT2D eigenvalue weighted by atomic mass is 16.3. The van der Waals surface area contributed by atoms with Gasteiger partial charge in [-0.15, -0.1) is 0 Å². The molecule has 3 aromatic rings. The third kappa shape index (κ3) is 3.86. The van der Waals surface area contributed by atoms with Gasteiger partial charge in [0.05, 0.1) is 23.6 Å². The molecule has 0 bridgehead atoms. The van der Waals surface area contributed by atoms with Gasteiger partial charge in [0, 0.05) is 38.6 Å². The van der Waals surface area contributed by atoms with Crippen LogP contribution in [0.5, 0.6) is 0 Å². The molecule has 1 aliphatic rings. The van der Waals surface area contributed by atoms with Gasteiger partial charge in [0.2, 0.25) is 5.91 Å². The standard InChI is InChI=1S/C18H22N8O2/c1-12-7-16(24(2)23-12)21-17(28)11-26-9-13(8-20-26)18-19-5-3-15(22-18)25-6-4-14(27)10-25/h3,5,7-9,14,27H,4,6,10-11H2,1-2H3,(H,21,28)/t14-/m0/s1. The Balaban J connectivity index is 1.44. The number of aromatic nitrogens is 6. The molecule has 0 aliphatic carbocycles. The Bertz CT molecular complexity index is 995. The predicted molar refractivity (Wildman–Crippen MR) is 103 cm³/mol. The van der Waals surface area contributed by atoms with Crippen LogP contribution in [0.25, 0.3) is 11.4 Å². The number of amides is 1. The number of carbonyl (C=O) groups is 1. The first-order chi connectivity index (χ1) is 13.5. The molecule has 10 nitrogen and oxygen atoms in total. The minimum absolute atomic E-state index is 0.0717. The lowest BCUT2D eigenvalue weighted by Crippen LogP contribution is -2.22. The maximum absolute atomic E-state index is 12.3. The molecule has 1 amide bonds. The van der Waals surface area contributed by atoms with Crippen LogP contribution < -0.4 is 10.2 Å². The summed E-state index contributed by atoms with van der Waals surface area (Å²) in [7, 11) is 1.78. The largest absolute Gasteiger partial charge is 0.391 e. The molecule has 1 fully saturated rings. The third-order valence-corrected chi connectivity index (χ3v) is 4.59. The number of rotatable bonds is 5. The fourth-order valence-electron chi connectivity index (χ4n) is 3.24. The summed E-state index contributed by atoms with van der Waals surface area (Å²) in [5.74, 6) is 1.75. The molecule has 1 saturated heterocycles. The van der Waals surface area contributed by atoms with E-state index in [1.807, 2.05) is 17.9 Å². The Morgan fingerprint density at radius 2 is 2.29 bits per heavy atom. The van der Waals surface area contributed by atoms with Crippen LogP contribution in [-0.2, 0) is 18.4 Å². The Kier molecular flexibility index (Phi) is 4.78. The van der Waals surface area contributed by atoms with Crippen molar-refractivity contribution < 1.29 is 9.90 Å². The van der Waals surface area contributed by atoms with E-state index in [-0.39, 0.29) is 18.6 Å². The smallest absolute Gasteiger partial charge is 0.247 e. The van der Waals surface area contributed by atoms with Gasteiger partial charge in [-0.25, -0.2) is 9.97 Å². The van der Waals surface area contributed by atoms with E-state index in [0.717, 1.165) is 30.0 Å². The lowest BCUT2D eigenvalue weighted by Gasteiger charge is -2.16. The van der Waals surface area contributed by atoms with Gasteiger partial charge in [-0.05, 0) is 19.4 Å². The molecule has 4 rings (SSSR count). The number of aliphatic hydroxyl groups is 1. The van der Waals surface area contributed by atoms with E-state index in [2.05, 4.69) is 25.5 Å². The lowest BCUT2D eigenvalue weighted by molar-refractivity contribution is -0.116. The second-order valence-corrected chi connectivity index (χ2v) is 6.90. The van der Waals surface area contributed by atoms with Crippen molar-refractivity contribution in [2.75, 3.05) is 23.3 Å².